The number of aliphatic hydroxyl groups excluding tert-OH is 1. The minimum Gasteiger partial charge on any atom is -0.481 e. The number of carbonyl (C=O) groups excluding carboxylic acids is 1. The normalized spacial score (nSPS) is 11.7. The Morgan fingerprint density at radius 2 is 1.65 bits per heavy atom. The number of benzene rings is 2. The van der Waals surface area contributed by atoms with Gasteiger partial charge in [0, 0.05) is 49.1 Å². The van der Waals surface area contributed by atoms with E-state index in [-0.39, 0.29) is 28.7 Å². The number of carbonyl (C=O) groups is 2. The van der Waals surface area contributed by atoms with Crippen LogP contribution in [-0.4, -0.2) is 56.0 Å². The summed E-state index contributed by atoms with van der Waals surface area (Å²) in [5.74, 6) is -1.69. The van der Waals surface area contributed by atoms with E-state index in [1.165, 1.54) is 21.2 Å². The lowest BCUT2D eigenvalue weighted by Crippen LogP contribution is -2.40. The van der Waals surface area contributed by atoms with Gasteiger partial charge in [0.25, 0.3) is 11.5 Å². The van der Waals surface area contributed by atoms with Gasteiger partial charge in [-0.15, -0.1) is 0 Å². The second-order valence-electron chi connectivity index (χ2n) is 9.41. The number of methoxy groups -OCH3 is 1. The summed E-state index contributed by atoms with van der Waals surface area (Å²) in [6, 6.07) is 12.5. The summed E-state index contributed by atoms with van der Waals surface area (Å²) in [4.78, 5) is 53.3. The lowest BCUT2D eigenvalue weighted by molar-refractivity contribution is -0.140. The number of aliphatic carboxylic acids is 1. The summed E-state index contributed by atoms with van der Waals surface area (Å²) >= 11 is 13.6. The molecule has 0 radical (unpaired) electrons. The van der Waals surface area contributed by atoms with Crippen molar-refractivity contribution in [1.82, 2.24) is 19.4 Å². The zero-order valence-corrected chi connectivity index (χ0v) is 24.7. The highest BCUT2D eigenvalue weighted by molar-refractivity contribution is 6.39. The second-order valence-corrected chi connectivity index (χ2v) is 10.2. The SMILES string of the molecule is COc1nc(-c2cccc(-c3cccc(NC(=O)c4cn(C)c(=O)n(C)c4=O)c3Cl)c2Cl)ccc1CN[C@@H](CO)C(=O)O. The van der Waals surface area contributed by atoms with Crippen molar-refractivity contribution < 1.29 is 24.5 Å². The van der Waals surface area contributed by atoms with Crippen molar-refractivity contribution in [3.8, 4) is 28.3 Å². The van der Waals surface area contributed by atoms with E-state index in [4.69, 9.17) is 33.0 Å². The van der Waals surface area contributed by atoms with E-state index in [0.717, 1.165) is 15.3 Å². The number of nitrogens with zero attached hydrogens (tertiary/aromatic N) is 3. The molecule has 1 atom stereocenters. The number of ether oxygens (including phenoxy) is 1. The average molecular weight is 628 g/mol. The van der Waals surface area contributed by atoms with Crippen LogP contribution in [0.25, 0.3) is 22.4 Å². The third-order valence-electron chi connectivity index (χ3n) is 6.65. The van der Waals surface area contributed by atoms with Gasteiger partial charge in [0.1, 0.15) is 11.6 Å². The van der Waals surface area contributed by atoms with Crippen LogP contribution in [0.4, 0.5) is 5.69 Å². The molecule has 2 aromatic heterocycles. The van der Waals surface area contributed by atoms with Crippen molar-refractivity contribution in [1.29, 1.82) is 0 Å². The van der Waals surface area contributed by atoms with Crippen molar-refractivity contribution >= 4 is 40.8 Å². The molecular formula is C29H27Cl2N5O7. The monoisotopic (exact) mass is 627 g/mol. The highest BCUT2D eigenvalue weighted by atomic mass is 35.5. The van der Waals surface area contributed by atoms with Crippen LogP contribution in [0.5, 0.6) is 5.88 Å². The Morgan fingerprint density at radius 1 is 1.00 bits per heavy atom. The number of aromatic nitrogens is 3. The van der Waals surface area contributed by atoms with Gasteiger partial charge < -0.3 is 24.8 Å². The summed E-state index contributed by atoms with van der Waals surface area (Å²) in [5.41, 5.74) is 1.29. The summed E-state index contributed by atoms with van der Waals surface area (Å²) in [7, 11) is 4.14. The molecule has 43 heavy (non-hydrogen) atoms. The largest absolute Gasteiger partial charge is 0.481 e. The highest BCUT2D eigenvalue weighted by Gasteiger charge is 2.20. The molecule has 1 amide bonds. The van der Waals surface area contributed by atoms with E-state index < -0.39 is 35.8 Å². The van der Waals surface area contributed by atoms with Crippen LogP contribution in [0.1, 0.15) is 15.9 Å². The van der Waals surface area contributed by atoms with Gasteiger partial charge in [0.15, 0.2) is 0 Å². The Labute approximate surface area is 255 Å². The molecule has 0 saturated carbocycles. The number of pyridine rings is 1. The summed E-state index contributed by atoms with van der Waals surface area (Å²) < 4.78 is 7.39. The number of hydrogen-bond donors (Lipinski definition) is 4. The molecule has 2 heterocycles. The van der Waals surface area contributed by atoms with E-state index in [0.29, 0.717) is 33.0 Å². The van der Waals surface area contributed by atoms with Gasteiger partial charge in [0.2, 0.25) is 5.88 Å². The van der Waals surface area contributed by atoms with E-state index in [1.807, 2.05) is 0 Å². The van der Waals surface area contributed by atoms with Crippen molar-refractivity contribution in [2.24, 2.45) is 14.1 Å². The van der Waals surface area contributed by atoms with E-state index >= 15 is 0 Å². The fourth-order valence-electron chi connectivity index (χ4n) is 4.32. The molecule has 0 aliphatic heterocycles. The first kappa shape index (κ1) is 31.4. The third kappa shape index (κ3) is 6.47. The molecule has 4 N–H and O–H groups in total. The minimum absolute atomic E-state index is 0.0846. The van der Waals surface area contributed by atoms with Crippen molar-refractivity contribution in [2.75, 3.05) is 19.0 Å². The Balaban J connectivity index is 1.66. The first-order valence-electron chi connectivity index (χ1n) is 12.7. The molecule has 0 aliphatic carbocycles. The van der Waals surface area contributed by atoms with Crippen LogP contribution in [0.15, 0.2) is 64.3 Å². The number of carboxylic acid groups (broad SMARTS) is 1. The highest BCUT2D eigenvalue weighted by Crippen LogP contribution is 2.41. The number of aliphatic hydroxyl groups is 1. The van der Waals surface area contributed by atoms with Crippen LogP contribution in [0, 0.1) is 0 Å². The molecular weight excluding hydrogens is 601 g/mol. The number of rotatable bonds is 10. The number of anilines is 1. The molecule has 224 valence electrons. The van der Waals surface area contributed by atoms with Crippen molar-refractivity contribution in [2.45, 2.75) is 12.6 Å². The lowest BCUT2D eigenvalue weighted by Gasteiger charge is -2.16. The number of halogens is 2. The first-order valence-corrected chi connectivity index (χ1v) is 13.5. The quantitative estimate of drug-likeness (QED) is 0.207. The Kier molecular flexibility index (Phi) is 9.66. The maximum Gasteiger partial charge on any atom is 0.330 e. The molecule has 0 saturated heterocycles. The minimum atomic E-state index is -1.19. The molecule has 2 aromatic carbocycles. The third-order valence-corrected chi connectivity index (χ3v) is 7.47. The van der Waals surface area contributed by atoms with Crippen LogP contribution in [0.3, 0.4) is 0 Å². The Bertz CT molecular complexity index is 1840. The molecule has 0 unspecified atom stereocenters. The number of hydrogen-bond acceptors (Lipinski definition) is 8. The Hall–Kier alpha value is -4.49. The van der Waals surface area contributed by atoms with Crippen LogP contribution < -0.4 is 26.6 Å². The fourth-order valence-corrected chi connectivity index (χ4v) is 4.92. The molecule has 0 bridgehead atoms. The lowest BCUT2D eigenvalue weighted by atomic mass is 10.00. The van der Waals surface area contributed by atoms with Crippen LogP contribution in [0.2, 0.25) is 10.0 Å². The molecule has 0 spiro atoms. The van der Waals surface area contributed by atoms with E-state index in [9.17, 15) is 24.3 Å². The number of aryl methyl sites for hydroxylation is 1. The average Bonchev–Trinajstić information content (AvgIpc) is 2.99. The van der Waals surface area contributed by atoms with Crippen LogP contribution >= 0.6 is 23.2 Å². The first-order chi connectivity index (χ1) is 20.5. The summed E-state index contributed by atoms with van der Waals surface area (Å²) in [6.07, 6.45) is 1.16. The summed E-state index contributed by atoms with van der Waals surface area (Å²) in [5, 5.41) is 24.3. The zero-order valence-electron chi connectivity index (χ0n) is 23.2. The molecule has 14 heteroatoms. The maximum absolute atomic E-state index is 13.0. The zero-order chi connectivity index (χ0) is 31.4. The van der Waals surface area contributed by atoms with Gasteiger partial charge >= 0.3 is 11.7 Å². The van der Waals surface area contributed by atoms with E-state index in [1.54, 1.807) is 48.5 Å². The molecule has 0 aliphatic rings. The van der Waals surface area contributed by atoms with Gasteiger partial charge in [-0.1, -0.05) is 59.6 Å². The summed E-state index contributed by atoms with van der Waals surface area (Å²) in [6.45, 7) is -0.494. The van der Waals surface area contributed by atoms with Gasteiger partial charge in [-0.25, -0.2) is 9.78 Å². The number of nitrogens with one attached hydrogen (secondary N) is 2. The smallest absolute Gasteiger partial charge is 0.330 e. The second kappa shape index (κ2) is 13.2. The topological polar surface area (TPSA) is 165 Å². The van der Waals surface area contributed by atoms with Crippen molar-refractivity contribution in [3.05, 3.63) is 96.7 Å². The standard InChI is InChI=1S/C29H27Cl2N5O7/c1-35-13-19(27(39)36(2)29(35)42)25(38)33-21-9-5-7-17(24(21)31)16-6-4-8-18(23(16)30)20-11-10-15(26(34-20)43-3)12-32-22(14-37)28(40)41/h4-11,13,22,32,37H,12,14H2,1-3H3,(H,33,38)(H,40,41)/t22-/m0/s1. The Morgan fingerprint density at radius 3 is 2.30 bits per heavy atom. The van der Waals surface area contributed by atoms with Gasteiger partial charge in [-0.05, 0) is 12.1 Å². The maximum atomic E-state index is 13.0. The number of carboxylic acids is 1. The molecule has 12 nitrogen and oxygen atoms in total. The van der Waals surface area contributed by atoms with Gasteiger partial charge in [-0.2, -0.15) is 0 Å². The van der Waals surface area contributed by atoms with Gasteiger partial charge in [-0.3, -0.25) is 24.3 Å². The molecule has 0 fully saturated rings. The van der Waals surface area contributed by atoms with Crippen molar-refractivity contribution in [3.63, 3.8) is 0 Å². The fraction of sp³-hybridized carbons (Fsp3) is 0.207. The predicted octanol–water partition coefficient (Wildman–Crippen LogP) is 2.92. The molecule has 4 rings (SSSR count). The number of amides is 1. The molecule has 4 aromatic rings. The van der Waals surface area contributed by atoms with Crippen LogP contribution in [-0.2, 0) is 25.4 Å². The van der Waals surface area contributed by atoms with Gasteiger partial charge in [0.05, 0.1) is 35.1 Å². The predicted molar refractivity (Wildman–Crippen MR) is 162 cm³/mol. The van der Waals surface area contributed by atoms with E-state index in [2.05, 4.69) is 15.6 Å².